The van der Waals surface area contributed by atoms with E-state index in [1.165, 1.54) is 0 Å². The van der Waals surface area contributed by atoms with Crippen molar-refractivity contribution in [2.75, 3.05) is 11.9 Å². The second-order valence-electron chi connectivity index (χ2n) is 5.53. The summed E-state index contributed by atoms with van der Waals surface area (Å²) in [5, 5.41) is 3.41. The first-order chi connectivity index (χ1) is 7.41. The van der Waals surface area contributed by atoms with Crippen molar-refractivity contribution in [2.24, 2.45) is 5.92 Å². The third-order valence-corrected chi connectivity index (χ3v) is 1.95. The molecule has 1 aromatic rings. The quantitative estimate of drug-likeness (QED) is 0.716. The molecule has 1 aromatic carbocycles. The minimum absolute atomic E-state index is 0.0500. The Labute approximate surface area is 99.0 Å². The number of benzene rings is 1. The summed E-state index contributed by atoms with van der Waals surface area (Å²) >= 11 is 0. The van der Waals surface area contributed by atoms with E-state index in [0.717, 1.165) is 24.0 Å². The van der Waals surface area contributed by atoms with E-state index >= 15 is 0 Å². The van der Waals surface area contributed by atoms with Crippen LogP contribution in [0.5, 0.6) is 5.75 Å². The molecular formula is C14H23NO. The van der Waals surface area contributed by atoms with Gasteiger partial charge in [-0.25, -0.2) is 0 Å². The lowest BCUT2D eigenvalue weighted by atomic mass is 10.0. The van der Waals surface area contributed by atoms with Crippen molar-refractivity contribution < 1.29 is 4.74 Å². The summed E-state index contributed by atoms with van der Waals surface area (Å²) in [6.45, 7) is 11.5. The third kappa shape index (κ3) is 4.13. The SMILES string of the molecule is CC(C)C.CC1(C)COc2ccccc2N1. The van der Waals surface area contributed by atoms with Crippen molar-refractivity contribution in [3.8, 4) is 5.75 Å². The van der Waals surface area contributed by atoms with E-state index in [4.69, 9.17) is 4.74 Å². The number of para-hydroxylation sites is 2. The number of ether oxygens (including phenoxy) is 1. The van der Waals surface area contributed by atoms with Crippen molar-refractivity contribution in [3.05, 3.63) is 24.3 Å². The molecule has 0 unspecified atom stereocenters. The number of hydrogen-bond donors (Lipinski definition) is 1. The van der Waals surface area contributed by atoms with E-state index in [-0.39, 0.29) is 5.54 Å². The molecular weight excluding hydrogens is 198 g/mol. The van der Waals surface area contributed by atoms with Gasteiger partial charge in [0.25, 0.3) is 0 Å². The summed E-state index contributed by atoms with van der Waals surface area (Å²) in [6, 6.07) is 8.02. The molecule has 2 nitrogen and oxygen atoms in total. The molecule has 0 amide bonds. The standard InChI is InChI=1S/C10H13NO.C4H10/c1-10(2)7-12-9-6-4-3-5-8(9)11-10;1-4(2)3/h3-6,11H,7H2,1-2H3;4H,1-3H3. The van der Waals surface area contributed by atoms with E-state index in [1.807, 2.05) is 24.3 Å². The van der Waals surface area contributed by atoms with Crippen molar-refractivity contribution in [1.29, 1.82) is 0 Å². The average Bonchev–Trinajstić information content (AvgIpc) is 2.15. The number of fused-ring (bicyclic) bond motifs is 1. The molecule has 0 bridgehead atoms. The molecule has 0 saturated heterocycles. The fourth-order valence-corrected chi connectivity index (χ4v) is 1.35. The maximum atomic E-state index is 5.58. The Balaban J connectivity index is 0.000000280. The summed E-state index contributed by atoms with van der Waals surface area (Å²) in [7, 11) is 0. The summed E-state index contributed by atoms with van der Waals surface area (Å²) in [6.07, 6.45) is 0. The van der Waals surface area contributed by atoms with Crippen LogP contribution in [0.2, 0.25) is 0 Å². The highest BCUT2D eigenvalue weighted by Crippen LogP contribution is 2.31. The van der Waals surface area contributed by atoms with Gasteiger partial charge in [0.1, 0.15) is 12.4 Å². The minimum atomic E-state index is 0.0500. The van der Waals surface area contributed by atoms with Crippen LogP contribution in [0.25, 0.3) is 0 Å². The van der Waals surface area contributed by atoms with Gasteiger partial charge in [0.2, 0.25) is 0 Å². The number of hydrogen-bond acceptors (Lipinski definition) is 2. The zero-order valence-corrected chi connectivity index (χ0v) is 11.0. The van der Waals surface area contributed by atoms with Gasteiger partial charge < -0.3 is 10.1 Å². The summed E-state index contributed by atoms with van der Waals surface area (Å²) in [5.41, 5.74) is 1.14. The Morgan fingerprint density at radius 2 is 1.75 bits per heavy atom. The Hall–Kier alpha value is -1.18. The van der Waals surface area contributed by atoms with E-state index in [1.54, 1.807) is 0 Å². The van der Waals surface area contributed by atoms with Crippen LogP contribution in [-0.4, -0.2) is 12.1 Å². The van der Waals surface area contributed by atoms with Crippen molar-refractivity contribution in [3.63, 3.8) is 0 Å². The highest BCUT2D eigenvalue weighted by molar-refractivity contribution is 5.59. The van der Waals surface area contributed by atoms with Crippen LogP contribution in [0.15, 0.2) is 24.3 Å². The summed E-state index contributed by atoms with van der Waals surface area (Å²) in [4.78, 5) is 0. The third-order valence-electron chi connectivity index (χ3n) is 1.95. The van der Waals surface area contributed by atoms with Gasteiger partial charge in [-0.2, -0.15) is 0 Å². The molecule has 1 aliphatic rings. The molecule has 0 spiro atoms. The molecule has 2 heteroatoms. The second kappa shape index (κ2) is 5.24. The first-order valence-corrected chi connectivity index (χ1v) is 5.91. The minimum Gasteiger partial charge on any atom is -0.489 e. The average molecular weight is 221 g/mol. The first kappa shape index (κ1) is 12.9. The number of anilines is 1. The highest BCUT2D eigenvalue weighted by Gasteiger charge is 2.24. The molecule has 0 aliphatic carbocycles. The summed E-state index contributed by atoms with van der Waals surface area (Å²) < 4.78 is 5.58. The van der Waals surface area contributed by atoms with Crippen molar-refractivity contribution in [2.45, 2.75) is 40.2 Å². The molecule has 1 heterocycles. The predicted molar refractivity (Wildman–Crippen MR) is 70.2 cm³/mol. The predicted octanol–water partition coefficient (Wildman–Crippen LogP) is 3.93. The largest absolute Gasteiger partial charge is 0.489 e. The maximum absolute atomic E-state index is 5.58. The summed E-state index contributed by atoms with van der Waals surface area (Å²) in [5.74, 6) is 1.79. The van der Waals surface area contributed by atoms with Crippen LogP contribution >= 0.6 is 0 Å². The molecule has 1 aliphatic heterocycles. The van der Waals surface area contributed by atoms with Crippen molar-refractivity contribution in [1.82, 2.24) is 0 Å². The van der Waals surface area contributed by atoms with E-state index in [2.05, 4.69) is 39.9 Å². The molecule has 0 radical (unpaired) electrons. The van der Waals surface area contributed by atoms with Gasteiger partial charge in [0, 0.05) is 0 Å². The highest BCUT2D eigenvalue weighted by atomic mass is 16.5. The topological polar surface area (TPSA) is 21.3 Å². The first-order valence-electron chi connectivity index (χ1n) is 5.91. The van der Waals surface area contributed by atoms with Gasteiger partial charge in [-0.15, -0.1) is 0 Å². The molecule has 0 fully saturated rings. The van der Waals surface area contributed by atoms with Crippen LogP contribution in [0.1, 0.15) is 34.6 Å². The Morgan fingerprint density at radius 3 is 2.38 bits per heavy atom. The fourth-order valence-electron chi connectivity index (χ4n) is 1.35. The van der Waals surface area contributed by atoms with Crippen LogP contribution in [0.3, 0.4) is 0 Å². The molecule has 0 atom stereocenters. The molecule has 90 valence electrons. The van der Waals surface area contributed by atoms with Gasteiger partial charge in [0.15, 0.2) is 0 Å². The van der Waals surface area contributed by atoms with Gasteiger partial charge in [0.05, 0.1) is 11.2 Å². The maximum Gasteiger partial charge on any atom is 0.142 e. The van der Waals surface area contributed by atoms with Crippen LogP contribution in [0, 0.1) is 5.92 Å². The monoisotopic (exact) mass is 221 g/mol. The lowest BCUT2D eigenvalue weighted by molar-refractivity contribution is 0.242. The zero-order chi connectivity index (χ0) is 12.2. The lowest BCUT2D eigenvalue weighted by Gasteiger charge is -2.33. The van der Waals surface area contributed by atoms with Crippen molar-refractivity contribution >= 4 is 5.69 Å². The molecule has 0 saturated carbocycles. The Bertz CT molecular complexity index is 329. The van der Waals surface area contributed by atoms with Crippen LogP contribution in [0.4, 0.5) is 5.69 Å². The molecule has 16 heavy (non-hydrogen) atoms. The number of nitrogens with one attached hydrogen (secondary N) is 1. The zero-order valence-electron chi connectivity index (χ0n) is 11.0. The fraction of sp³-hybridized carbons (Fsp3) is 0.571. The van der Waals surface area contributed by atoms with Gasteiger partial charge in [-0.1, -0.05) is 32.9 Å². The number of rotatable bonds is 0. The molecule has 0 aromatic heterocycles. The van der Waals surface area contributed by atoms with E-state index < -0.39 is 0 Å². The van der Waals surface area contributed by atoms with Crippen LogP contribution < -0.4 is 10.1 Å². The van der Waals surface area contributed by atoms with E-state index in [9.17, 15) is 0 Å². The second-order valence-corrected chi connectivity index (χ2v) is 5.53. The normalized spacial score (nSPS) is 16.4. The van der Waals surface area contributed by atoms with Crippen LogP contribution in [-0.2, 0) is 0 Å². The lowest BCUT2D eigenvalue weighted by Crippen LogP contribution is -2.40. The van der Waals surface area contributed by atoms with Gasteiger partial charge in [-0.05, 0) is 31.9 Å². The molecule has 2 rings (SSSR count). The smallest absolute Gasteiger partial charge is 0.142 e. The Kier molecular flexibility index (Phi) is 4.22. The Morgan fingerprint density at radius 1 is 1.19 bits per heavy atom. The van der Waals surface area contributed by atoms with Gasteiger partial charge >= 0.3 is 0 Å². The van der Waals surface area contributed by atoms with Gasteiger partial charge in [-0.3, -0.25) is 0 Å². The van der Waals surface area contributed by atoms with E-state index in [0.29, 0.717) is 0 Å². The molecule has 1 N–H and O–H groups in total.